The number of thiol groups is 1. The molecule has 0 saturated carbocycles. The molecule has 0 aromatic heterocycles. The molecule has 0 atom stereocenters. The Balaban J connectivity index is 2.68. The highest BCUT2D eigenvalue weighted by Crippen LogP contribution is 2.16. The molecule has 1 heterocycles. The number of nitrogens with one attached hydrogen (secondary N) is 1. The van der Waals surface area contributed by atoms with Gasteiger partial charge in [0.15, 0.2) is 0 Å². The summed E-state index contributed by atoms with van der Waals surface area (Å²) in [6.45, 7) is 1.85. The zero-order valence-corrected chi connectivity index (χ0v) is 7.95. The van der Waals surface area contributed by atoms with Gasteiger partial charge in [0.2, 0.25) is 0 Å². The lowest BCUT2D eigenvalue weighted by atomic mass is 10.2. The number of hydrogen-bond donors (Lipinski definition) is 2. The summed E-state index contributed by atoms with van der Waals surface area (Å²) in [6, 6.07) is 0. The molecule has 0 spiro atoms. The number of aliphatic imine (C=N–C) groups is 1. The molecule has 0 radical (unpaired) electrons. The summed E-state index contributed by atoms with van der Waals surface area (Å²) >= 11 is 7.41. The molecular formula is C6H9BrN2S. The average molecular weight is 221 g/mol. The predicted octanol–water partition coefficient (Wildman–Crippen LogP) is 1.54. The first kappa shape index (κ1) is 8.30. The van der Waals surface area contributed by atoms with E-state index in [1.54, 1.807) is 5.12 Å². The monoisotopic (exact) mass is 220 g/mol. The van der Waals surface area contributed by atoms with Crippen LogP contribution in [0.4, 0.5) is 0 Å². The molecule has 0 aromatic carbocycles. The Labute approximate surface area is 74.3 Å². The van der Waals surface area contributed by atoms with Gasteiger partial charge in [-0.25, -0.2) is 0 Å². The van der Waals surface area contributed by atoms with Crippen molar-refractivity contribution >= 4 is 33.7 Å². The van der Waals surface area contributed by atoms with Crippen molar-refractivity contribution in [3.63, 3.8) is 0 Å². The van der Waals surface area contributed by atoms with Crippen molar-refractivity contribution < 1.29 is 0 Å². The van der Waals surface area contributed by atoms with Gasteiger partial charge in [0.05, 0.1) is 10.8 Å². The van der Waals surface area contributed by atoms with Crippen LogP contribution in [0.1, 0.15) is 6.42 Å². The zero-order valence-electron chi connectivity index (χ0n) is 5.47. The third kappa shape index (κ3) is 2.11. The van der Waals surface area contributed by atoms with Gasteiger partial charge in [0.25, 0.3) is 0 Å². The third-order valence-corrected chi connectivity index (χ3v) is 1.99. The average Bonchev–Trinajstić information content (AvgIpc) is 1.94. The van der Waals surface area contributed by atoms with E-state index in [-0.39, 0.29) is 0 Å². The summed E-state index contributed by atoms with van der Waals surface area (Å²) < 4.78 is 0. The molecule has 1 aliphatic heterocycles. The molecule has 2 nitrogen and oxygen atoms in total. The normalized spacial score (nSPS) is 20.6. The molecular weight excluding hydrogens is 212 g/mol. The van der Waals surface area contributed by atoms with E-state index in [9.17, 15) is 0 Å². The lowest BCUT2D eigenvalue weighted by Gasteiger charge is -2.13. The van der Waals surface area contributed by atoms with E-state index in [0.717, 1.165) is 30.1 Å². The Morgan fingerprint density at radius 3 is 3.10 bits per heavy atom. The van der Waals surface area contributed by atoms with Gasteiger partial charge in [-0.1, -0.05) is 0 Å². The molecule has 1 rings (SSSR count). The van der Waals surface area contributed by atoms with E-state index in [1.807, 2.05) is 0 Å². The van der Waals surface area contributed by atoms with Crippen molar-refractivity contribution in [2.24, 2.45) is 4.99 Å². The highest BCUT2D eigenvalue weighted by molar-refractivity contribution is 9.17. The Hall–Kier alpha value is 0.200. The Morgan fingerprint density at radius 1 is 1.70 bits per heavy atom. The fraction of sp³-hybridized carbons (Fsp3) is 0.500. The van der Waals surface area contributed by atoms with Crippen molar-refractivity contribution in [2.45, 2.75) is 6.42 Å². The van der Waals surface area contributed by atoms with Crippen LogP contribution in [0.25, 0.3) is 0 Å². The molecule has 0 bridgehead atoms. The minimum absolute atomic E-state index is 0.850. The maximum absolute atomic E-state index is 4.27. The van der Waals surface area contributed by atoms with Gasteiger partial charge in [-0.05, 0) is 15.9 Å². The summed E-state index contributed by atoms with van der Waals surface area (Å²) in [7, 11) is 0. The topological polar surface area (TPSA) is 24.4 Å². The fourth-order valence-electron chi connectivity index (χ4n) is 0.858. The van der Waals surface area contributed by atoms with Gasteiger partial charge >= 0.3 is 0 Å². The fourth-order valence-corrected chi connectivity index (χ4v) is 1.39. The quantitative estimate of drug-likeness (QED) is 0.509. The Bertz CT molecular complexity index is 177. The molecule has 1 N–H and O–H groups in total. The van der Waals surface area contributed by atoms with E-state index in [1.165, 1.54) is 0 Å². The highest BCUT2D eigenvalue weighted by atomic mass is 79.9. The molecule has 1 aliphatic rings. The molecule has 0 aromatic rings. The zero-order chi connectivity index (χ0) is 7.40. The van der Waals surface area contributed by atoms with Gasteiger partial charge in [-0.15, -0.1) is 12.6 Å². The van der Waals surface area contributed by atoms with Crippen LogP contribution < -0.4 is 5.32 Å². The first-order valence-electron chi connectivity index (χ1n) is 3.09. The minimum atomic E-state index is 0.850. The number of nitrogens with zero attached hydrogens (tertiary/aromatic N) is 1. The van der Waals surface area contributed by atoms with Crippen LogP contribution in [0.15, 0.2) is 15.6 Å². The number of rotatable bonds is 1. The molecule has 0 unspecified atom stereocenters. The maximum atomic E-state index is 4.27. The summed E-state index contributed by atoms with van der Waals surface area (Å²) in [4.78, 5) is 5.16. The van der Waals surface area contributed by atoms with Crippen molar-refractivity contribution in [1.82, 2.24) is 5.32 Å². The van der Waals surface area contributed by atoms with Crippen LogP contribution in [-0.2, 0) is 0 Å². The minimum Gasteiger partial charge on any atom is -0.312 e. The van der Waals surface area contributed by atoms with Crippen molar-refractivity contribution in [3.8, 4) is 0 Å². The SMILES string of the molecule is SC1=C(N=CBr)CCNC1. The summed E-state index contributed by atoms with van der Waals surface area (Å²) in [6.07, 6.45) is 0.973. The first-order valence-corrected chi connectivity index (χ1v) is 4.45. The smallest absolute Gasteiger partial charge is 0.0699 e. The molecule has 0 amide bonds. The van der Waals surface area contributed by atoms with Gasteiger partial charge in [0.1, 0.15) is 0 Å². The van der Waals surface area contributed by atoms with Gasteiger partial charge in [0, 0.05) is 24.4 Å². The van der Waals surface area contributed by atoms with Crippen LogP contribution >= 0.6 is 28.6 Å². The molecule has 0 aliphatic carbocycles. The van der Waals surface area contributed by atoms with Gasteiger partial charge < -0.3 is 5.32 Å². The van der Waals surface area contributed by atoms with Crippen molar-refractivity contribution in [2.75, 3.05) is 13.1 Å². The van der Waals surface area contributed by atoms with E-state index >= 15 is 0 Å². The summed E-state index contributed by atoms with van der Waals surface area (Å²) in [5, 5.41) is 4.83. The van der Waals surface area contributed by atoms with E-state index in [2.05, 4.69) is 38.9 Å². The lowest BCUT2D eigenvalue weighted by Crippen LogP contribution is -2.22. The lowest BCUT2D eigenvalue weighted by molar-refractivity contribution is 0.694. The van der Waals surface area contributed by atoms with Gasteiger partial charge in [-0.3, -0.25) is 4.99 Å². The van der Waals surface area contributed by atoms with Crippen LogP contribution in [0.2, 0.25) is 0 Å². The predicted molar refractivity (Wildman–Crippen MR) is 50.9 cm³/mol. The third-order valence-electron chi connectivity index (χ3n) is 1.37. The van der Waals surface area contributed by atoms with Crippen LogP contribution in [0.5, 0.6) is 0 Å². The Kier molecular flexibility index (Phi) is 3.45. The van der Waals surface area contributed by atoms with E-state index < -0.39 is 0 Å². The molecule has 10 heavy (non-hydrogen) atoms. The first-order chi connectivity index (χ1) is 4.84. The highest BCUT2D eigenvalue weighted by Gasteiger charge is 2.06. The molecule has 0 saturated heterocycles. The summed E-state index contributed by atoms with van der Waals surface area (Å²) in [5.41, 5.74) is 1.08. The van der Waals surface area contributed by atoms with Crippen molar-refractivity contribution in [3.05, 3.63) is 10.6 Å². The van der Waals surface area contributed by atoms with Crippen LogP contribution in [0.3, 0.4) is 0 Å². The summed E-state index contributed by atoms with van der Waals surface area (Å²) in [5.74, 6) is 0. The number of halogens is 1. The second-order valence-electron chi connectivity index (χ2n) is 2.05. The maximum Gasteiger partial charge on any atom is 0.0699 e. The van der Waals surface area contributed by atoms with Crippen LogP contribution in [0, 0.1) is 0 Å². The second kappa shape index (κ2) is 4.16. The van der Waals surface area contributed by atoms with Crippen molar-refractivity contribution in [1.29, 1.82) is 0 Å². The molecule has 4 heteroatoms. The number of hydrogen-bond acceptors (Lipinski definition) is 3. The second-order valence-corrected chi connectivity index (χ2v) is 3.00. The largest absolute Gasteiger partial charge is 0.312 e. The van der Waals surface area contributed by atoms with E-state index in [0.29, 0.717) is 0 Å². The Morgan fingerprint density at radius 2 is 2.50 bits per heavy atom. The molecule has 0 fully saturated rings. The molecule has 56 valence electrons. The van der Waals surface area contributed by atoms with E-state index in [4.69, 9.17) is 0 Å². The standard InChI is InChI=1S/C6H9BrN2S/c7-4-9-5-1-2-8-3-6(5)10/h4,8,10H,1-3H2. The van der Waals surface area contributed by atoms with Gasteiger partial charge in [-0.2, -0.15) is 0 Å². The van der Waals surface area contributed by atoms with Crippen LogP contribution in [-0.4, -0.2) is 18.2 Å².